The van der Waals surface area contributed by atoms with Gasteiger partial charge >= 0.3 is 0 Å². The van der Waals surface area contributed by atoms with E-state index >= 15 is 0 Å². The highest BCUT2D eigenvalue weighted by Crippen LogP contribution is 2.16. The van der Waals surface area contributed by atoms with E-state index in [1.165, 1.54) is 0 Å². The molecule has 0 aliphatic rings. The molecule has 0 aliphatic carbocycles. The van der Waals surface area contributed by atoms with E-state index in [-0.39, 0.29) is 6.10 Å². The molecule has 6 heteroatoms. The van der Waals surface area contributed by atoms with Crippen LogP contribution in [0.4, 0.5) is 5.95 Å². The maximum atomic E-state index is 9.61. The van der Waals surface area contributed by atoms with Gasteiger partial charge in [0.2, 0.25) is 5.95 Å². The number of anilines is 1. The lowest BCUT2D eigenvalue weighted by Crippen LogP contribution is -2.19. The van der Waals surface area contributed by atoms with Crippen molar-refractivity contribution in [3.8, 4) is 0 Å². The molecular formula is C11H15BrN4O. The third-order valence-corrected chi connectivity index (χ3v) is 3.05. The molecule has 2 heterocycles. The lowest BCUT2D eigenvalue weighted by atomic mass is 10.2. The molecule has 5 nitrogen and oxygen atoms in total. The average Bonchev–Trinajstić information content (AvgIpc) is 2.71. The van der Waals surface area contributed by atoms with Crippen molar-refractivity contribution >= 4 is 27.5 Å². The van der Waals surface area contributed by atoms with Gasteiger partial charge < -0.3 is 10.4 Å². The maximum Gasteiger partial charge on any atom is 0.243 e. The molecule has 0 radical (unpaired) electrons. The van der Waals surface area contributed by atoms with E-state index in [0.29, 0.717) is 12.5 Å². The summed E-state index contributed by atoms with van der Waals surface area (Å²) in [6.45, 7) is 2.52. The number of rotatable bonds is 5. The number of fused-ring (bicyclic) bond motifs is 1. The molecule has 92 valence electrons. The Morgan fingerprint density at radius 1 is 1.59 bits per heavy atom. The van der Waals surface area contributed by atoms with Crippen LogP contribution in [-0.4, -0.2) is 32.4 Å². The zero-order chi connectivity index (χ0) is 12.3. The molecule has 1 unspecified atom stereocenters. The van der Waals surface area contributed by atoms with E-state index in [9.17, 15) is 5.11 Å². The number of nitrogens with one attached hydrogen (secondary N) is 1. The van der Waals surface area contributed by atoms with Crippen molar-refractivity contribution in [1.82, 2.24) is 14.6 Å². The van der Waals surface area contributed by atoms with Gasteiger partial charge in [0, 0.05) is 12.7 Å². The minimum Gasteiger partial charge on any atom is -0.391 e. The third-order valence-electron chi connectivity index (χ3n) is 2.43. The summed E-state index contributed by atoms with van der Waals surface area (Å²) in [5.41, 5.74) is 0.764. The standard InChI is InChI=1S/C11H15BrN4O/c1-2-4-8(17)7-13-11-14-10-9(12)5-3-6-16(10)15-11/h3,5-6,8,17H,2,4,7H2,1H3,(H,13,15). The molecule has 2 aromatic rings. The van der Waals surface area contributed by atoms with Crippen LogP contribution >= 0.6 is 15.9 Å². The van der Waals surface area contributed by atoms with E-state index in [2.05, 4.69) is 31.3 Å². The first-order chi connectivity index (χ1) is 8.20. The van der Waals surface area contributed by atoms with Gasteiger partial charge in [-0.05, 0) is 34.5 Å². The van der Waals surface area contributed by atoms with Crippen LogP contribution in [0.15, 0.2) is 22.8 Å². The predicted molar refractivity (Wildman–Crippen MR) is 70.1 cm³/mol. The first-order valence-corrected chi connectivity index (χ1v) is 6.43. The van der Waals surface area contributed by atoms with Crippen LogP contribution in [0.3, 0.4) is 0 Å². The van der Waals surface area contributed by atoms with Gasteiger partial charge in [-0.1, -0.05) is 13.3 Å². The topological polar surface area (TPSA) is 62.5 Å². The number of pyridine rings is 1. The third kappa shape index (κ3) is 2.95. The van der Waals surface area contributed by atoms with Crippen molar-refractivity contribution in [1.29, 1.82) is 0 Å². The van der Waals surface area contributed by atoms with Gasteiger partial charge in [-0.25, -0.2) is 4.52 Å². The smallest absolute Gasteiger partial charge is 0.243 e. The second-order valence-corrected chi connectivity index (χ2v) is 4.74. The molecule has 0 spiro atoms. The monoisotopic (exact) mass is 298 g/mol. The maximum absolute atomic E-state index is 9.61. The minimum absolute atomic E-state index is 0.352. The lowest BCUT2D eigenvalue weighted by molar-refractivity contribution is 0.176. The van der Waals surface area contributed by atoms with Crippen molar-refractivity contribution in [3.05, 3.63) is 22.8 Å². The Labute approximate surface area is 108 Å². The van der Waals surface area contributed by atoms with Crippen LogP contribution in [0, 0.1) is 0 Å². The van der Waals surface area contributed by atoms with E-state index in [0.717, 1.165) is 23.0 Å². The van der Waals surface area contributed by atoms with Crippen LogP contribution in [0.1, 0.15) is 19.8 Å². The quantitative estimate of drug-likeness (QED) is 0.887. The Kier molecular flexibility index (Phi) is 3.96. The molecule has 17 heavy (non-hydrogen) atoms. The summed E-state index contributed by atoms with van der Waals surface area (Å²) in [7, 11) is 0. The first-order valence-electron chi connectivity index (χ1n) is 5.63. The fourth-order valence-corrected chi connectivity index (χ4v) is 2.02. The highest BCUT2D eigenvalue weighted by Gasteiger charge is 2.07. The summed E-state index contributed by atoms with van der Waals surface area (Å²) >= 11 is 3.41. The first kappa shape index (κ1) is 12.3. The van der Waals surface area contributed by atoms with Crippen molar-refractivity contribution in [2.75, 3.05) is 11.9 Å². The number of nitrogens with zero attached hydrogens (tertiary/aromatic N) is 3. The number of aromatic nitrogens is 3. The predicted octanol–water partition coefficient (Wildman–Crippen LogP) is 2.06. The summed E-state index contributed by atoms with van der Waals surface area (Å²) in [6.07, 6.45) is 3.23. The normalized spacial score (nSPS) is 12.9. The summed E-state index contributed by atoms with van der Waals surface area (Å²) in [5.74, 6) is 0.534. The van der Waals surface area contributed by atoms with E-state index in [1.807, 2.05) is 25.3 Å². The molecular weight excluding hydrogens is 284 g/mol. The van der Waals surface area contributed by atoms with Crippen LogP contribution in [0.25, 0.3) is 5.65 Å². The van der Waals surface area contributed by atoms with Crippen molar-refractivity contribution in [3.63, 3.8) is 0 Å². The van der Waals surface area contributed by atoms with Crippen molar-refractivity contribution < 1.29 is 5.11 Å². The summed E-state index contributed by atoms with van der Waals surface area (Å²) in [4.78, 5) is 4.33. The van der Waals surface area contributed by atoms with E-state index in [4.69, 9.17) is 0 Å². The Morgan fingerprint density at radius 2 is 2.41 bits per heavy atom. The van der Waals surface area contributed by atoms with E-state index < -0.39 is 0 Å². The van der Waals surface area contributed by atoms with Crippen LogP contribution < -0.4 is 5.32 Å². The van der Waals surface area contributed by atoms with Crippen molar-refractivity contribution in [2.45, 2.75) is 25.9 Å². The highest BCUT2D eigenvalue weighted by atomic mass is 79.9. The molecule has 1 atom stereocenters. The fourth-order valence-electron chi connectivity index (χ4n) is 1.59. The molecule has 0 aliphatic heterocycles. The fraction of sp³-hybridized carbons (Fsp3) is 0.455. The van der Waals surface area contributed by atoms with Gasteiger partial charge in [0.25, 0.3) is 0 Å². The molecule has 2 aromatic heterocycles. The molecule has 0 fully saturated rings. The number of hydrogen-bond donors (Lipinski definition) is 2. The molecule has 0 amide bonds. The molecule has 0 bridgehead atoms. The number of hydrogen-bond acceptors (Lipinski definition) is 4. The zero-order valence-corrected chi connectivity index (χ0v) is 11.2. The van der Waals surface area contributed by atoms with Gasteiger partial charge in [0.05, 0.1) is 10.6 Å². The number of halogens is 1. The second-order valence-electron chi connectivity index (χ2n) is 3.88. The SMILES string of the molecule is CCCC(O)CNc1nc2c(Br)cccn2n1. The Morgan fingerprint density at radius 3 is 3.12 bits per heavy atom. The average molecular weight is 299 g/mol. The Balaban J connectivity index is 2.07. The second kappa shape index (κ2) is 5.46. The largest absolute Gasteiger partial charge is 0.391 e. The van der Waals surface area contributed by atoms with Gasteiger partial charge in [-0.15, -0.1) is 5.10 Å². The van der Waals surface area contributed by atoms with Crippen LogP contribution in [-0.2, 0) is 0 Å². The Hall–Kier alpha value is -1.14. The van der Waals surface area contributed by atoms with Crippen LogP contribution in [0.2, 0.25) is 0 Å². The molecule has 0 saturated heterocycles. The summed E-state index contributed by atoms with van der Waals surface area (Å²) < 4.78 is 2.59. The zero-order valence-electron chi connectivity index (χ0n) is 9.60. The van der Waals surface area contributed by atoms with Gasteiger partial charge in [-0.3, -0.25) is 0 Å². The lowest BCUT2D eigenvalue weighted by Gasteiger charge is -2.08. The summed E-state index contributed by atoms with van der Waals surface area (Å²) in [6, 6.07) is 3.81. The van der Waals surface area contributed by atoms with Gasteiger partial charge in [-0.2, -0.15) is 4.98 Å². The van der Waals surface area contributed by atoms with Crippen molar-refractivity contribution in [2.24, 2.45) is 0 Å². The molecule has 2 N–H and O–H groups in total. The van der Waals surface area contributed by atoms with Crippen LogP contribution in [0.5, 0.6) is 0 Å². The molecule has 0 saturated carbocycles. The molecule has 0 aromatic carbocycles. The van der Waals surface area contributed by atoms with Gasteiger partial charge in [0.15, 0.2) is 5.65 Å². The van der Waals surface area contributed by atoms with Gasteiger partial charge in [0.1, 0.15) is 0 Å². The Bertz CT molecular complexity index is 499. The highest BCUT2D eigenvalue weighted by molar-refractivity contribution is 9.10. The molecule has 2 rings (SSSR count). The van der Waals surface area contributed by atoms with E-state index in [1.54, 1.807) is 4.52 Å². The minimum atomic E-state index is -0.352. The number of aliphatic hydroxyl groups excluding tert-OH is 1. The summed E-state index contributed by atoms with van der Waals surface area (Å²) in [5, 5.41) is 16.9. The number of aliphatic hydroxyl groups is 1.